The third-order valence-electron chi connectivity index (χ3n) is 6.01. The van der Waals surface area contributed by atoms with Gasteiger partial charge in [-0.05, 0) is 31.0 Å². The van der Waals surface area contributed by atoms with E-state index in [1.54, 1.807) is 0 Å². The summed E-state index contributed by atoms with van der Waals surface area (Å²) in [4.78, 5) is 21.3. The highest BCUT2D eigenvalue weighted by molar-refractivity contribution is 6.22. The maximum Gasteiger partial charge on any atom is 0.194 e. The van der Waals surface area contributed by atoms with E-state index in [-0.39, 0.29) is 5.43 Å². The van der Waals surface area contributed by atoms with Gasteiger partial charge < -0.3 is 4.90 Å². The number of rotatable bonds is 5. The summed E-state index contributed by atoms with van der Waals surface area (Å²) < 4.78 is 0. The monoisotopic (exact) mass is 404 g/mol. The van der Waals surface area contributed by atoms with Crippen molar-refractivity contribution in [2.75, 3.05) is 18.0 Å². The normalized spacial score (nSPS) is 11.3. The molecule has 0 aliphatic rings. The molecule has 0 fully saturated rings. The maximum atomic E-state index is 13.9. The number of hydrogen-bond acceptors (Lipinski definition) is 3. The van der Waals surface area contributed by atoms with E-state index in [9.17, 15) is 4.79 Å². The lowest BCUT2D eigenvalue weighted by Gasteiger charge is -2.21. The minimum Gasteiger partial charge on any atom is -0.357 e. The first-order valence-corrected chi connectivity index (χ1v) is 10.8. The van der Waals surface area contributed by atoms with Gasteiger partial charge in [-0.15, -0.1) is 0 Å². The lowest BCUT2D eigenvalue weighted by molar-refractivity contribution is 0.856. The Morgan fingerprint density at radius 1 is 0.677 bits per heavy atom. The highest BCUT2D eigenvalue weighted by Gasteiger charge is 2.25. The first kappa shape index (κ1) is 19.3. The molecule has 4 aromatic carbocycles. The molecule has 0 atom stereocenters. The number of nitrogens with zero attached hydrogens (tertiary/aromatic N) is 2. The minimum atomic E-state index is 0.0530. The zero-order valence-electron chi connectivity index (χ0n) is 17.8. The summed E-state index contributed by atoms with van der Waals surface area (Å²) in [7, 11) is 0. The van der Waals surface area contributed by atoms with Crippen LogP contribution in [0.1, 0.15) is 13.8 Å². The molecular weight excluding hydrogens is 380 g/mol. The van der Waals surface area contributed by atoms with E-state index in [4.69, 9.17) is 4.98 Å². The summed E-state index contributed by atoms with van der Waals surface area (Å²) in [6.07, 6.45) is 0. The van der Waals surface area contributed by atoms with Crippen molar-refractivity contribution >= 4 is 27.5 Å². The molecule has 0 saturated carbocycles. The van der Waals surface area contributed by atoms with E-state index >= 15 is 0 Å². The summed E-state index contributed by atoms with van der Waals surface area (Å²) in [5.74, 6) is 0.951. The molecule has 0 radical (unpaired) electrons. The Morgan fingerprint density at radius 2 is 1.23 bits per heavy atom. The molecular formula is C28H24N2O. The van der Waals surface area contributed by atoms with Crippen molar-refractivity contribution in [3.8, 4) is 22.3 Å². The summed E-state index contributed by atoms with van der Waals surface area (Å²) in [6, 6.07) is 28.1. The van der Waals surface area contributed by atoms with E-state index in [1.165, 1.54) is 0 Å². The number of benzene rings is 3. The fraction of sp³-hybridized carbons (Fsp3) is 0.143. The van der Waals surface area contributed by atoms with Crippen LogP contribution in [0, 0.1) is 0 Å². The van der Waals surface area contributed by atoms with Crippen molar-refractivity contribution in [2.45, 2.75) is 13.8 Å². The van der Waals surface area contributed by atoms with Gasteiger partial charge in [-0.3, -0.25) is 4.79 Å². The van der Waals surface area contributed by atoms with Gasteiger partial charge in [0.25, 0.3) is 0 Å². The third kappa shape index (κ3) is 3.05. The molecule has 3 heteroatoms. The van der Waals surface area contributed by atoms with Gasteiger partial charge in [0.1, 0.15) is 5.82 Å². The van der Waals surface area contributed by atoms with E-state index in [0.717, 1.165) is 62.8 Å². The predicted octanol–water partition coefficient (Wildman–Crippen LogP) is 6.37. The molecule has 0 unspecified atom stereocenters. The van der Waals surface area contributed by atoms with Gasteiger partial charge in [-0.2, -0.15) is 0 Å². The second-order valence-corrected chi connectivity index (χ2v) is 7.69. The molecule has 0 spiro atoms. The zero-order chi connectivity index (χ0) is 21.4. The van der Waals surface area contributed by atoms with Crippen molar-refractivity contribution in [2.24, 2.45) is 0 Å². The van der Waals surface area contributed by atoms with Crippen LogP contribution in [0.3, 0.4) is 0 Å². The first-order chi connectivity index (χ1) is 15.2. The average Bonchev–Trinajstić information content (AvgIpc) is 3.04. The molecule has 152 valence electrons. The van der Waals surface area contributed by atoms with Crippen LogP contribution in [0.5, 0.6) is 0 Å². The molecule has 0 bridgehead atoms. The van der Waals surface area contributed by atoms with Gasteiger partial charge in [0, 0.05) is 40.4 Å². The molecule has 0 aliphatic carbocycles. The molecule has 3 nitrogen and oxygen atoms in total. The van der Waals surface area contributed by atoms with Gasteiger partial charge in [0.05, 0.1) is 5.52 Å². The van der Waals surface area contributed by atoms with Crippen molar-refractivity contribution in [3.63, 3.8) is 0 Å². The van der Waals surface area contributed by atoms with Crippen LogP contribution in [0.15, 0.2) is 89.7 Å². The van der Waals surface area contributed by atoms with E-state index in [2.05, 4.69) is 30.9 Å². The molecule has 1 heterocycles. The van der Waals surface area contributed by atoms with Gasteiger partial charge in [0.2, 0.25) is 0 Å². The van der Waals surface area contributed by atoms with E-state index in [1.807, 2.05) is 72.8 Å². The number of hydrogen-bond donors (Lipinski definition) is 0. The maximum absolute atomic E-state index is 13.9. The van der Waals surface area contributed by atoms with Crippen LogP contribution in [-0.4, -0.2) is 18.1 Å². The van der Waals surface area contributed by atoms with Crippen LogP contribution in [0.2, 0.25) is 0 Å². The molecule has 5 aromatic rings. The lowest BCUT2D eigenvalue weighted by atomic mass is 9.88. The first-order valence-electron chi connectivity index (χ1n) is 10.8. The van der Waals surface area contributed by atoms with Gasteiger partial charge in [0.15, 0.2) is 5.43 Å². The average molecular weight is 405 g/mol. The van der Waals surface area contributed by atoms with Crippen LogP contribution in [-0.2, 0) is 0 Å². The summed E-state index contributed by atoms with van der Waals surface area (Å²) >= 11 is 0. The Hall–Kier alpha value is -3.72. The Morgan fingerprint density at radius 3 is 1.84 bits per heavy atom. The minimum absolute atomic E-state index is 0.0530. The third-order valence-corrected chi connectivity index (χ3v) is 6.01. The quantitative estimate of drug-likeness (QED) is 0.341. The standard InChI is InChI=1S/C28H24N2O/c1-3-30(4-2)28-26-23(19-13-7-5-8-14-19)24(20-15-9-6-10-16-20)27(31)21-17-11-12-18-22(29-28)25(21)26/h5-18H,3-4H2,1-2H3. The van der Waals surface area contributed by atoms with Gasteiger partial charge in [-0.1, -0.05) is 78.9 Å². The summed E-state index contributed by atoms with van der Waals surface area (Å²) in [6.45, 7) is 6.00. The van der Waals surface area contributed by atoms with Gasteiger partial charge in [-0.25, -0.2) is 4.98 Å². The molecule has 0 N–H and O–H groups in total. The van der Waals surface area contributed by atoms with E-state index in [0.29, 0.717) is 0 Å². The van der Waals surface area contributed by atoms with Crippen molar-refractivity contribution in [1.82, 2.24) is 4.98 Å². The smallest absolute Gasteiger partial charge is 0.194 e. The molecule has 31 heavy (non-hydrogen) atoms. The molecule has 0 saturated heterocycles. The SMILES string of the molecule is CCN(CC)c1nc2ccccc3c(=O)c(-c4ccccc4)c(-c4ccccc4)c1c23. The largest absolute Gasteiger partial charge is 0.357 e. The number of aromatic nitrogens is 1. The molecule has 0 amide bonds. The van der Waals surface area contributed by atoms with Crippen LogP contribution in [0.25, 0.3) is 43.9 Å². The van der Waals surface area contributed by atoms with E-state index < -0.39 is 0 Å². The molecule has 1 aromatic heterocycles. The Balaban J connectivity index is 2.08. The fourth-order valence-corrected chi connectivity index (χ4v) is 4.57. The Bertz CT molecular complexity index is 1410. The molecule has 0 aliphatic heterocycles. The van der Waals surface area contributed by atoms with Crippen LogP contribution in [0.4, 0.5) is 5.82 Å². The second kappa shape index (κ2) is 7.84. The summed E-state index contributed by atoms with van der Waals surface area (Å²) in [5, 5.41) is 2.74. The zero-order valence-corrected chi connectivity index (χ0v) is 17.8. The number of anilines is 1. The summed E-state index contributed by atoms with van der Waals surface area (Å²) in [5.41, 5.74) is 4.61. The Kier molecular flexibility index (Phi) is 4.87. The van der Waals surface area contributed by atoms with Crippen molar-refractivity contribution in [1.29, 1.82) is 0 Å². The van der Waals surface area contributed by atoms with Gasteiger partial charge >= 0.3 is 0 Å². The molecule has 5 rings (SSSR count). The second-order valence-electron chi connectivity index (χ2n) is 7.69. The highest BCUT2D eigenvalue weighted by Crippen LogP contribution is 2.43. The van der Waals surface area contributed by atoms with Crippen molar-refractivity contribution < 1.29 is 0 Å². The predicted molar refractivity (Wildman–Crippen MR) is 131 cm³/mol. The van der Waals surface area contributed by atoms with Crippen LogP contribution < -0.4 is 10.3 Å². The van der Waals surface area contributed by atoms with Crippen LogP contribution >= 0.6 is 0 Å². The topological polar surface area (TPSA) is 33.2 Å². The van der Waals surface area contributed by atoms with Crippen molar-refractivity contribution in [3.05, 3.63) is 95.2 Å². The highest BCUT2D eigenvalue weighted by atomic mass is 16.1. The Labute approximate surface area is 181 Å². The fourth-order valence-electron chi connectivity index (χ4n) is 4.57. The lowest BCUT2D eigenvalue weighted by Crippen LogP contribution is -2.22.